The number of nitriles is 1. The number of hydrogen-bond acceptors (Lipinski definition) is 4. The van der Waals surface area contributed by atoms with Gasteiger partial charge in [0.1, 0.15) is 17.8 Å². The molecule has 0 radical (unpaired) electrons. The second-order valence-electron chi connectivity index (χ2n) is 7.10. The van der Waals surface area contributed by atoms with Crippen LogP contribution in [0.4, 0.5) is 13.2 Å². The predicted octanol–water partition coefficient (Wildman–Crippen LogP) is 1.72. The maximum Gasteiger partial charge on any atom is 0.257 e. The SMILES string of the molecule is Cc1c(C)c(F)c(C(=O)NCCNC(=O)C2CCN(C(=O)CC#N)CC2)c(F)c1F. The summed E-state index contributed by atoms with van der Waals surface area (Å²) in [6, 6.07) is 1.80. The summed E-state index contributed by atoms with van der Waals surface area (Å²) in [4.78, 5) is 37.5. The maximum absolute atomic E-state index is 14.2. The van der Waals surface area contributed by atoms with Gasteiger partial charge in [-0.3, -0.25) is 14.4 Å². The first-order valence-corrected chi connectivity index (χ1v) is 9.53. The first-order valence-electron chi connectivity index (χ1n) is 9.53. The number of halogens is 3. The van der Waals surface area contributed by atoms with Crippen LogP contribution in [0.5, 0.6) is 0 Å². The van der Waals surface area contributed by atoms with E-state index in [1.165, 1.54) is 13.8 Å². The van der Waals surface area contributed by atoms with Crippen LogP contribution in [0.1, 0.15) is 40.7 Å². The van der Waals surface area contributed by atoms with Crippen molar-refractivity contribution in [2.45, 2.75) is 33.1 Å². The van der Waals surface area contributed by atoms with E-state index in [-0.39, 0.29) is 48.4 Å². The van der Waals surface area contributed by atoms with E-state index in [2.05, 4.69) is 10.6 Å². The van der Waals surface area contributed by atoms with Gasteiger partial charge in [0.15, 0.2) is 11.6 Å². The highest BCUT2D eigenvalue weighted by atomic mass is 19.2. The van der Waals surface area contributed by atoms with Crippen molar-refractivity contribution in [2.24, 2.45) is 5.92 Å². The fraction of sp³-hybridized carbons (Fsp3) is 0.500. The van der Waals surface area contributed by atoms with Gasteiger partial charge in [-0.1, -0.05) is 0 Å². The van der Waals surface area contributed by atoms with Crippen LogP contribution in [-0.2, 0) is 9.59 Å². The number of nitrogens with one attached hydrogen (secondary N) is 2. The Bertz CT molecular complexity index is 861. The molecule has 0 unspecified atom stereocenters. The van der Waals surface area contributed by atoms with E-state index in [1.807, 2.05) is 0 Å². The third-order valence-corrected chi connectivity index (χ3v) is 5.24. The van der Waals surface area contributed by atoms with Crippen molar-refractivity contribution in [3.05, 3.63) is 34.1 Å². The van der Waals surface area contributed by atoms with E-state index in [0.29, 0.717) is 25.9 Å². The van der Waals surface area contributed by atoms with Gasteiger partial charge in [-0.2, -0.15) is 5.26 Å². The average molecular weight is 424 g/mol. The zero-order chi connectivity index (χ0) is 22.4. The molecule has 1 heterocycles. The summed E-state index contributed by atoms with van der Waals surface area (Å²) in [6.45, 7) is 3.16. The van der Waals surface area contributed by atoms with Crippen LogP contribution in [0, 0.1) is 48.5 Å². The normalized spacial score (nSPS) is 14.2. The molecule has 1 saturated heterocycles. The van der Waals surface area contributed by atoms with Crippen molar-refractivity contribution in [1.29, 1.82) is 5.26 Å². The third kappa shape index (κ3) is 5.09. The second kappa shape index (κ2) is 10.1. The highest BCUT2D eigenvalue weighted by Gasteiger charge is 2.27. The van der Waals surface area contributed by atoms with Crippen LogP contribution in [0.3, 0.4) is 0 Å². The Balaban J connectivity index is 1.81. The number of likely N-dealkylation sites (tertiary alicyclic amines) is 1. The van der Waals surface area contributed by atoms with Gasteiger partial charge in [0.2, 0.25) is 11.8 Å². The number of amides is 3. The Labute approximate surface area is 172 Å². The summed E-state index contributed by atoms with van der Waals surface area (Å²) in [5.41, 5.74) is -1.34. The van der Waals surface area contributed by atoms with E-state index in [4.69, 9.17) is 5.26 Å². The van der Waals surface area contributed by atoms with E-state index in [0.717, 1.165) is 0 Å². The van der Waals surface area contributed by atoms with Crippen molar-refractivity contribution >= 4 is 17.7 Å². The molecule has 10 heteroatoms. The third-order valence-electron chi connectivity index (χ3n) is 5.24. The summed E-state index contributed by atoms with van der Waals surface area (Å²) in [5, 5.41) is 13.4. The van der Waals surface area contributed by atoms with Crippen molar-refractivity contribution < 1.29 is 27.6 Å². The number of carbonyl (C=O) groups excluding carboxylic acids is 3. The lowest BCUT2D eigenvalue weighted by atomic mass is 9.95. The number of benzene rings is 1. The summed E-state index contributed by atoms with van der Waals surface area (Å²) in [7, 11) is 0. The highest BCUT2D eigenvalue weighted by molar-refractivity contribution is 5.95. The maximum atomic E-state index is 14.2. The molecule has 1 aromatic rings. The van der Waals surface area contributed by atoms with E-state index < -0.39 is 28.9 Å². The van der Waals surface area contributed by atoms with Gasteiger partial charge in [0, 0.05) is 32.1 Å². The molecule has 1 aliphatic heterocycles. The first-order chi connectivity index (χ1) is 14.2. The molecule has 1 aromatic carbocycles. The molecule has 162 valence electrons. The number of carbonyl (C=O) groups is 3. The number of hydrogen-bond donors (Lipinski definition) is 2. The molecule has 2 N–H and O–H groups in total. The predicted molar refractivity (Wildman–Crippen MR) is 101 cm³/mol. The average Bonchev–Trinajstić information content (AvgIpc) is 2.74. The van der Waals surface area contributed by atoms with Gasteiger partial charge in [0.05, 0.1) is 6.07 Å². The lowest BCUT2D eigenvalue weighted by Crippen LogP contribution is -2.44. The summed E-state index contributed by atoms with van der Waals surface area (Å²) < 4.78 is 42.0. The lowest BCUT2D eigenvalue weighted by Gasteiger charge is -2.30. The quantitative estimate of drug-likeness (QED) is 0.536. The second-order valence-corrected chi connectivity index (χ2v) is 7.10. The van der Waals surface area contributed by atoms with Gasteiger partial charge in [-0.05, 0) is 37.8 Å². The fourth-order valence-corrected chi connectivity index (χ4v) is 3.25. The summed E-state index contributed by atoms with van der Waals surface area (Å²) >= 11 is 0. The Morgan fingerprint density at radius 3 is 2.17 bits per heavy atom. The molecule has 2 rings (SSSR count). The molecule has 0 spiro atoms. The Morgan fingerprint density at radius 2 is 1.57 bits per heavy atom. The van der Waals surface area contributed by atoms with Gasteiger partial charge >= 0.3 is 0 Å². The van der Waals surface area contributed by atoms with Crippen LogP contribution >= 0.6 is 0 Å². The zero-order valence-corrected chi connectivity index (χ0v) is 16.8. The fourth-order valence-electron chi connectivity index (χ4n) is 3.25. The molecule has 0 bridgehead atoms. The lowest BCUT2D eigenvalue weighted by molar-refractivity contribution is -0.134. The minimum absolute atomic E-state index is 0.0225. The van der Waals surface area contributed by atoms with Gasteiger partial charge in [0.25, 0.3) is 5.91 Å². The van der Waals surface area contributed by atoms with E-state index in [1.54, 1.807) is 11.0 Å². The molecule has 0 aromatic heterocycles. The van der Waals surface area contributed by atoms with Crippen molar-refractivity contribution in [2.75, 3.05) is 26.2 Å². The number of rotatable bonds is 6. The topological polar surface area (TPSA) is 102 Å². The molecule has 0 saturated carbocycles. The minimum Gasteiger partial charge on any atom is -0.354 e. The molecule has 0 atom stereocenters. The molecule has 1 fully saturated rings. The summed E-state index contributed by atoms with van der Waals surface area (Å²) in [6.07, 6.45) is 0.712. The zero-order valence-electron chi connectivity index (χ0n) is 16.8. The van der Waals surface area contributed by atoms with Crippen LogP contribution < -0.4 is 10.6 Å². The smallest absolute Gasteiger partial charge is 0.257 e. The van der Waals surface area contributed by atoms with Crippen LogP contribution in [0.2, 0.25) is 0 Å². The standard InChI is InChI=1S/C20H23F3N4O3/c1-11-12(2)17(22)18(23)15(16(11)21)20(30)26-8-7-25-19(29)13-4-9-27(10-5-13)14(28)3-6-24/h13H,3-5,7-10H2,1-2H3,(H,25,29)(H,26,30). The molecular weight excluding hydrogens is 401 g/mol. The van der Waals surface area contributed by atoms with Gasteiger partial charge in [-0.15, -0.1) is 0 Å². The Hall–Kier alpha value is -3.09. The largest absolute Gasteiger partial charge is 0.354 e. The molecule has 7 nitrogen and oxygen atoms in total. The van der Waals surface area contributed by atoms with Gasteiger partial charge < -0.3 is 15.5 Å². The van der Waals surface area contributed by atoms with E-state index in [9.17, 15) is 27.6 Å². The van der Waals surface area contributed by atoms with E-state index >= 15 is 0 Å². The number of piperidine rings is 1. The van der Waals surface area contributed by atoms with Crippen LogP contribution in [-0.4, -0.2) is 48.8 Å². The molecular formula is C20H23F3N4O3. The molecule has 0 aliphatic carbocycles. The van der Waals surface area contributed by atoms with Gasteiger partial charge in [-0.25, -0.2) is 13.2 Å². The highest BCUT2D eigenvalue weighted by Crippen LogP contribution is 2.24. The van der Waals surface area contributed by atoms with Crippen molar-refractivity contribution in [3.63, 3.8) is 0 Å². The first kappa shape index (κ1) is 23.2. The van der Waals surface area contributed by atoms with Crippen molar-refractivity contribution in [1.82, 2.24) is 15.5 Å². The minimum atomic E-state index is -1.55. The molecule has 3 amide bonds. The van der Waals surface area contributed by atoms with Crippen LogP contribution in [0.25, 0.3) is 0 Å². The Kier molecular flexibility index (Phi) is 7.80. The number of nitrogens with zero attached hydrogens (tertiary/aromatic N) is 2. The monoisotopic (exact) mass is 424 g/mol. The Morgan fingerprint density at radius 1 is 1.00 bits per heavy atom. The van der Waals surface area contributed by atoms with Crippen LogP contribution in [0.15, 0.2) is 0 Å². The molecule has 1 aliphatic rings. The summed E-state index contributed by atoms with van der Waals surface area (Å²) in [5.74, 6) is -5.87. The van der Waals surface area contributed by atoms with Crippen molar-refractivity contribution in [3.8, 4) is 6.07 Å². The molecule has 30 heavy (non-hydrogen) atoms.